The fourth-order valence-electron chi connectivity index (χ4n) is 1.37. The normalized spacial score (nSPS) is 12.1. The summed E-state index contributed by atoms with van der Waals surface area (Å²) in [6.07, 6.45) is -2.84. The fourth-order valence-corrected chi connectivity index (χ4v) is 2.49. The van der Waals surface area contributed by atoms with Crippen LogP contribution in [0.5, 0.6) is 0 Å². The van der Waals surface area contributed by atoms with Gasteiger partial charge in [0, 0.05) is 4.90 Å². The Morgan fingerprint density at radius 1 is 1.11 bits per heavy atom. The minimum atomic E-state index is -4.64. The van der Waals surface area contributed by atoms with Crippen LogP contribution in [0.2, 0.25) is 10.2 Å². The van der Waals surface area contributed by atoms with Crippen molar-refractivity contribution in [3.05, 3.63) is 28.0 Å². The Bertz CT molecular complexity index is 616. The number of hydrogen-bond acceptors (Lipinski definition) is 3. The third kappa shape index (κ3) is 2.50. The van der Waals surface area contributed by atoms with Gasteiger partial charge in [0.25, 0.3) is 0 Å². The van der Waals surface area contributed by atoms with Gasteiger partial charge in [-0.15, -0.1) is 11.8 Å². The molecule has 1 aromatic heterocycles. The van der Waals surface area contributed by atoms with E-state index in [4.69, 9.17) is 23.2 Å². The molecule has 1 aromatic carbocycles. The van der Waals surface area contributed by atoms with E-state index in [-0.39, 0.29) is 11.0 Å². The van der Waals surface area contributed by atoms with Gasteiger partial charge < -0.3 is 0 Å². The number of halogens is 5. The van der Waals surface area contributed by atoms with Gasteiger partial charge >= 0.3 is 6.18 Å². The van der Waals surface area contributed by atoms with Crippen LogP contribution in [0, 0.1) is 0 Å². The zero-order chi connectivity index (χ0) is 13.5. The van der Waals surface area contributed by atoms with Crippen molar-refractivity contribution in [2.45, 2.75) is 11.1 Å². The number of aromatic nitrogens is 2. The fraction of sp³-hybridized carbons (Fsp3) is 0.200. The molecular formula is C10H5Cl2F3N2S. The zero-order valence-corrected chi connectivity index (χ0v) is 11.2. The highest BCUT2D eigenvalue weighted by atomic mass is 35.5. The predicted molar refractivity (Wildman–Crippen MR) is 66.3 cm³/mol. The molecule has 2 rings (SSSR count). The monoisotopic (exact) mass is 312 g/mol. The predicted octanol–water partition coefficient (Wildman–Crippen LogP) is 4.68. The lowest BCUT2D eigenvalue weighted by atomic mass is 10.3. The Hall–Kier alpha value is -0.720. The highest BCUT2D eigenvalue weighted by molar-refractivity contribution is 7.98. The first-order valence-corrected chi connectivity index (χ1v) is 6.59. The maximum Gasteiger partial charge on any atom is 0.436 e. The standard InChI is InChI=1S/C10H5Cl2F3N2S/c1-18-7-3-6-5(2-4(7)11)16-8(9(12)17-6)10(13,14)15/h2-3H,1H3. The third-order valence-electron chi connectivity index (χ3n) is 2.16. The molecule has 8 heteroatoms. The molecule has 0 unspecified atom stereocenters. The summed E-state index contributed by atoms with van der Waals surface area (Å²) in [5.74, 6) is 0. The Labute approximate surface area is 115 Å². The van der Waals surface area contributed by atoms with Gasteiger partial charge in [-0.25, -0.2) is 9.97 Å². The van der Waals surface area contributed by atoms with Crippen LogP contribution in [0.25, 0.3) is 11.0 Å². The topological polar surface area (TPSA) is 25.8 Å². The highest BCUT2D eigenvalue weighted by Gasteiger charge is 2.36. The van der Waals surface area contributed by atoms with Gasteiger partial charge in [0.2, 0.25) is 0 Å². The molecule has 0 aliphatic heterocycles. The van der Waals surface area contributed by atoms with Crippen molar-refractivity contribution in [3.63, 3.8) is 0 Å². The van der Waals surface area contributed by atoms with Gasteiger partial charge in [0.05, 0.1) is 16.1 Å². The SMILES string of the molecule is CSc1cc2nc(Cl)c(C(F)(F)F)nc2cc1Cl. The first kappa shape index (κ1) is 13.7. The number of rotatable bonds is 1. The molecule has 0 spiro atoms. The summed E-state index contributed by atoms with van der Waals surface area (Å²) in [5.41, 5.74) is -0.860. The van der Waals surface area contributed by atoms with Crippen LogP contribution in [0.1, 0.15) is 5.69 Å². The summed E-state index contributed by atoms with van der Waals surface area (Å²) in [7, 11) is 0. The smallest absolute Gasteiger partial charge is 0.239 e. The van der Waals surface area contributed by atoms with Crippen LogP contribution in [-0.4, -0.2) is 16.2 Å². The van der Waals surface area contributed by atoms with Gasteiger partial charge in [-0.1, -0.05) is 23.2 Å². The minimum absolute atomic E-state index is 0.0644. The highest BCUT2D eigenvalue weighted by Crippen LogP contribution is 2.35. The van der Waals surface area contributed by atoms with E-state index in [9.17, 15) is 13.2 Å². The van der Waals surface area contributed by atoms with Crippen molar-refractivity contribution in [2.24, 2.45) is 0 Å². The molecule has 1 heterocycles. The second kappa shape index (κ2) is 4.75. The molecule has 0 N–H and O–H groups in total. The van der Waals surface area contributed by atoms with Gasteiger partial charge in [-0.2, -0.15) is 13.2 Å². The molecule has 0 radical (unpaired) electrons. The Morgan fingerprint density at radius 2 is 1.72 bits per heavy atom. The number of hydrogen-bond donors (Lipinski definition) is 0. The second-order valence-electron chi connectivity index (χ2n) is 3.34. The maximum atomic E-state index is 12.6. The quantitative estimate of drug-likeness (QED) is 0.715. The van der Waals surface area contributed by atoms with Gasteiger partial charge in [-0.3, -0.25) is 0 Å². The number of alkyl halides is 3. The van der Waals surface area contributed by atoms with Crippen LogP contribution < -0.4 is 0 Å². The van der Waals surface area contributed by atoms with E-state index in [0.29, 0.717) is 9.92 Å². The molecule has 0 saturated heterocycles. The van der Waals surface area contributed by atoms with Gasteiger partial charge in [0.15, 0.2) is 10.8 Å². The van der Waals surface area contributed by atoms with Crippen LogP contribution in [-0.2, 0) is 6.18 Å². The maximum absolute atomic E-state index is 12.6. The van der Waals surface area contributed by atoms with Crippen molar-refractivity contribution in [1.82, 2.24) is 9.97 Å². The van der Waals surface area contributed by atoms with Gasteiger partial charge in [-0.05, 0) is 18.4 Å². The summed E-state index contributed by atoms with van der Waals surface area (Å²) >= 11 is 12.8. The van der Waals surface area contributed by atoms with Crippen molar-refractivity contribution in [3.8, 4) is 0 Å². The average Bonchev–Trinajstić information content (AvgIpc) is 2.26. The lowest BCUT2D eigenvalue weighted by molar-refractivity contribution is -0.141. The van der Waals surface area contributed by atoms with E-state index in [1.807, 2.05) is 0 Å². The van der Waals surface area contributed by atoms with Crippen LogP contribution >= 0.6 is 35.0 Å². The van der Waals surface area contributed by atoms with E-state index in [2.05, 4.69) is 9.97 Å². The Kier molecular flexibility index (Phi) is 3.62. The molecule has 0 saturated carbocycles. The number of fused-ring (bicyclic) bond motifs is 1. The average molecular weight is 313 g/mol. The zero-order valence-electron chi connectivity index (χ0n) is 8.85. The Morgan fingerprint density at radius 3 is 2.28 bits per heavy atom. The summed E-state index contributed by atoms with van der Waals surface area (Å²) in [5, 5.41) is -0.330. The lowest BCUT2D eigenvalue weighted by Crippen LogP contribution is -2.10. The van der Waals surface area contributed by atoms with E-state index in [1.54, 1.807) is 12.3 Å². The lowest BCUT2D eigenvalue weighted by Gasteiger charge is -2.09. The number of nitrogens with zero attached hydrogens (tertiary/aromatic N) is 2. The van der Waals surface area contributed by atoms with E-state index in [0.717, 1.165) is 0 Å². The number of benzene rings is 1. The molecule has 0 fully saturated rings. The van der Waals surface area contributed by atoms with Crippen molar-refractivity contribution in [2.75, 3.05) is 6.26 Å². The summed E-state index contributed by atoms with van der Waals surface area (Å²) in [6.45, 7) is 0. The van der Waals surface area contributed by atoms with Gasteiger partial charge in [0.1, 0.15) is 0 Å². The largest absolute Gasteiger partial charge is 0.436 e. The second-order valence-corrected chi connectivity index (χ2v) is 4.95. The van der Waals surface area contributed by atoms with Crippen LogP contribution in [0.4, 0.5) is 13.2 Å². The van der Waals surface area contributed by atoms with Crippen LogP contribution in [0.15, 0.2) is 17.0 Å². The van der Waals surface area contributed by atoms with Crippen LogP contribution in [0.3, 0.4) is 0 Å². The molecule has 0 aliphatic rings. The first-order valence-electron chi connectivity index (χ1n) is 4.61. The minimum Gasteiger partial charge on any atom is -0.239 e. The molecule has 0 aliphatic carbocycles. The van der Waals surface area contributed by atoms with E-state index < -0.39 is 17.0 Å². The Balaban J connectivity index is 2.73. The van der Waals surface area contributed by atoms with Crippen molar-refractivity contribution >= 4 is 46.0 Å². The van der Waals surface area contributed by atoms with E-state index >= 15 is 0 Å². The molecule has 0 amide bonds. The number of thioether (sulfide) groups is 1. The third-order valence-corrected chi connectivity index (χ3v) is 3.63. The summed E-state index contributed by atoms with van der Waals surface area (Å²) in [6, 6.07) is 2.91. The molecule has 2 nitrogen and oxygen atoms in total. The van der Waals surface area contributed by atoms with E-state index in [1.165, 1.54) is 17.8 Å². The molecule has 18 heavy (non-hydrogen) atoms. The summed E-state index contributed by atoms with van der Waals surface area (Å²) < 4.78 is 37.8. The molecular weight excluding hydrogens is 308 g/mol. The molecule has 2 aromatic rings. The first-order chi connectivity index (χ1) is 8.32. The summed E-state index contributed by atoms with van der Waals surface area (Å²) in [4.78, 5) is 7.87. The van der Waals surface area contributed by atoms with Crippen molar-refractivity contribution in [1.29, 1.82) is 0 Å². The molecule has 0 bridgehead atoms. The van der Waals surface area contributed by atoms with Crippen molar-refractivity contribution < 1.29 is 13.2 Å². The molecule has 0 atom stereocenters. The molecule has 96 valence electrons.